The summed E-state index contributed by atoms with van der Waals surface area (Å²) in [5, 5.41) is 0. The summed E-state index contributed by atoms with van der Waals surface area (Å²) in [6, 6.07) is 0. The lowest BCUT2D eigenvalue weighted by atomic mass is 10.6. The fourth-order valence-electron chi connectivity index (χ4n) is 1.07. The van der Waals surface area contributed by atoms with Crippen LogP contribution in [0.25, 0.3) is 0 Å². The minimum atomic E-state index is 0. The van der Waals surface area contributed by atoms with E-state index in [-0.39, 0.29) is 12.4 Å². The van der Waals surface area contributed by atoms with E-state index < -0.39 is 0 Å². The average Bonchev–Trinajstić information content (AvgIpc) is 2.53. The van der Waals surface area contributed by atoms with E-state index in [1.165, 1.54) is 0 Å². The number of hydrogen-bond acceptors (Lipinski definition) is 3. The molecule has 0 aromatic heterocycles. The molecule has 3 nitrogen and oxygen atoms in total. The van der Waals surface area contributed by atoms with Crippen LogP contribution in [0, 0.1) is 0 Å². The minimum Gasteiger partial charge on any atom is -0.380 e. The van der Waals surface area contributed by atoms with Crippen LogP contribution in [0.15, 0.2) is 25.2 Å². The highest BCUT2D eigenvalue weighted by molar-refractivity contribution is 5.85. The number of rotatable bonds is 5. The Morgan fingerprint density at radius 1 is 1.54 bits per heavy atom. The molecule has 0 aliphatic carbocycles. The summed E-state index contributed by atoms with van der Waals surface area (Å²) in [5.74, 6) is 0. The van der Waals surface area contributed by atoms with E-state index in [4.69, 9.17) is 4.74 Å². The molecule has 1 aliphatic heterocycles. The smallest absolute Gasteiger partial charge is 0.0936 e. The number of hydrogen-bond donors (Lipinski definition) is 0. The van der Waals surface area contributed by atoms with Crippen molar-refractivity contribution < 1.29 is 4.74 Å². The van der Waals surface area contributed by atoms with Crippen molar-refractivity contribution in [3.63, 3.8) is 0 Å². The Morgan fingerprint density at radius 2 is 2.31 bits per heavy atom. The molecule has 13 heavy (non-hydrogen) atoms. The van der Waals surface area contributed by atoms with Crippen LogP contribution in [0.2, 0.25) is 0 Å². The Labute approximate surface area is 86.1 Å². The lowest BCUT2D eigenvalue weighted by Gasteiger charge is -2.17. The molecule has 1 rings (SSSR count). The van der Waals surface area contributed by atoms with E-state index in [0.717, 1.165) is 26.4 Å². The second kappa shape index (κ2) is 6.80. The summed E-state index contributed by atoms with van der Waals surface area (Å²) in [5.41, 5.74) is 0. The first-order valence-electron chi connectivity index (χ1n) is 4.25. The van der Waals surface area contributed by atoms with E-state index in [1.807, 2.05) is 24.2 Å². The third-order valence-electron chi connectivity index (χ3n) is 1.78. The summed E-state index contributed by atoms with van der Waals surface area (Å²) in [7, 11) is 0. The van der Waals surface area contributed by atoms with E-state index in [2.05, 4.69) is 17.7 Å². The standard InChI is InChI=1S/C9H16N2O.ClH/c1-3-10-5-6-11(9-10)7-8-12-4-2;/h3,5-6H,1,4,7-9H2,2H3;1H. The summed E-state index contributed by atoms with van der Waals surface area (Å²) < 4.78 is 5.24. The molecule has 76 valence electrons. The van der Waals surface area contributed by atoms with Gasteiger partial charge in [0.15, 0.2) is 0 Å². The molecule has 0 aromatic rings. The van der Waals surface area contributed by atoms with Crippen LogP contribution in [-0.2, 0) is 4.74 Å². The molecule has 1 heterocycles. The van der Waals surface area contributed by atoms with Gasteiger partial charge in [0.25, 0.3) is 0 Å². The fourth-order valence-corrected chi connectivity index (χ4v) is 1.07. The summed E-state index contributed by atoms with van der Waals surface area (Å²) in [4.78, 5) is 4.23. The summed E-state index contributed by atoms with van der Waals surface area (Å²) in [6.45, 7) is 9.14. The Kier molecular flexibility index (Phi) is 6.45. The zero-order valence-electron chi connectivity index (χ0n) is 7.98. The third kappa shape index (κ3) is 4.20. The first-order valence-corrected chi connectivity index (χ1v) is 4.25. The molecule has 0 N–H and O–H groups in total. The topological polar surface area (TPSA) is 15.7 Å². The molecule has 0 saturated heterocycles. The SMILES string of the molecule is C=CN1C=CN(CCOCC)C1.Cl. The monoisotopic (exact) mass is 204 g/mol. The van der Waals surface area contributed by atoms with Gasteiger partial charge in [-0.3, -0.25) is 0 Å². The van der Waals surface area contributed by atoms with Gasteiger partial charge in [0.2, 0.25) is 0 Å². The molecule has 0 radical (unpaired) electrons. The minimum absolute atomic E-state index is 0. The van der Waals surface area contributed by atoms with Crippen LogP contribution in [-0.4, -0.2) is 36.2 Å². The largest absolute Gasteiger partial charge is 0.380 e. The lowest BCUT2D eigenvalue weighted by molar-refractivity contribution is 0.124. The molecule has 0 spiro atoms. The van der Waals surface area contributed by atoms with Gasteiger partial charge in [-0.1, -0.05) is 6.58 Å². The highest BCUT2D eigenvalue weighted by Gasteiger charge is 2.07. The van der Waals surface area contributed by atoms with Gasteiger partial charge in [0, 0.05) is 25.6 Å². The van der Waals surface area contributed by atoms with Gasteiger partial charge >= 0.3 is 0 Å². The number of nitrogens with zero attached hydrogens (tertiary/aromatic N) is 2. The Hall–Kier alpha value is -0.670. The van der Waals surface area contributed by atoms with Crippen LogP contribution in [0.4, 0.5) is 0 Å². The van der Waals surface area contributed by atoms with Crippen molar-refractivity contribution in [3.05, 3.63) is 25.2 Å². The molecular weight excluding hydrogens is 188 g/mol. The van der Waals surface area contributed by atoms with E-state index >= 15 is 0 Å². The van der Waals surface area contributed by atoms with Crippen molar-refractivity contribution in [1.82, 2.24) is 9.80 Å². The van der Waals surface area contributed by atoms with Gasteiger partial charge in [0.05, 0.1) is 13.3 Å². The second-order valence-electron chi connectivity index (χ2n) is 2.65. The Bertz CT molecular complexity index is 173. The molecule has 0 bridgehead atoms. The van der Waals surface area contributed by atoms with Gasteiger partial charge in [-0.05, 0) is 13.1 Å². The molecule has 4 heteroatoms. The first-order chi connectivity index (χ1) is 5.86. The highest BCUT2D eigenvalue weighted by Crippen LogP contribution is 2.05. The van der Waals surface area contributed by atoms with Crippen molar-refractivity contribution in [2.24, 2.45) is 0 Å². The molecule has 0 saturated carbocycles. The highest BCUT2D eigenvalue weighted by atomic mass is 35.5. The van der Waals surface area contributed by atoms with Gasteiger partial charge < -0.3 is 14.5 Å². The van der Waals surface area contributed by atoms with Crippen molar-refractivity contribution in [2.75, 3.05) is 26.4 Å². The molecule has 0 amide bonds. The third-order valence-corrected chi connectivity index (χ3v) is 1.78. The van der Waals surface area contributed by atoms with Crippen LogP contribution in [0.3, 0.4) is 0 Å². The quantitative estimate of drug-likeness (QED) is 0.634. The van der Waals surface area contributed by atoms with Gasteiger partial charge in [-0.2, -0.15) is 0 Å². The van der Waals surface area contributed by atoms with Gasteiger partial charge in [-0.25, -0.2) is 0 Å². The van der Waals surface area contributed by atoms with Crippen molar-refractivity contribution in [2.45, 2.75) is 6.92 Å². The normalized spacial score (nSPS) is 14.5. The van der Waals surface area contributed by atoms with Crippen LogP contribution < -0.4 is 0 Å². The van der Waals surface area contributed by atoms with Gasteiger partial charge in [-0.15, -0.1) is 12.4 Å². The van der Waals surface area contributed by atoms with Crippen molar-refractivity contribution in [3.8, 4) is 0 Å². The maximum absolute atomic E-state index is 5.24. The van der Waals surface area contributed by atoms with Crippen molar-refractivity contribution >= 4 is 12.4 Å². The maximum atomic E-state index is 5.24. The zero-order valence-corrected chi connectivity index (χ0v) is 8.80. The molecule has 0 aromatic carbocycles. The first kappa shape index (κ1) is 12.3. The second-order valence-corrected chi connectivity index (χ2v) is 2.65. The van der Waals surface area contributed by atoms with Crippen LogP contribution in [0.1, 0.15) is 6.92 Å². The predicted molar refractivity (Wildman–Crippen MR) is 56.5 cm³/mol. The molecule has 0 unspecified atom stereocenters. The van der Waals surface area contributed by atoms with Crippen molar-refractivity contribution in [1.29, 1.82) is 0 Å². The number of halogens is 1. The molecule has 0 fully saturated rings. The number of ether oxygens (including phenoxy) is 1. The Balaban J connectivity index is 0.00000144. The summed E-state index contributed by atoms with van der Waals surface area (Å²) in [6.07, 6.45) is 5.89. The molecule has 0 atom stereocenters. The van der Waals surface area contributed by atoms with E-state index in [9.17, 15) is 0 Å². The lowest BCUT2D eigenvalue weighted by Crippen LogP contribution is -2.25. The maximum Gasteiger partial charge on any atom is 0.0936 e. The van der Waals surface area contributed by atoms with Gasteiger partial charge in [0.1, 0.15) is 0 Å². The Morgan fingerprint density at radius 3 is 2.85 bits per heavy atom. The van der Waals surface area contributed by atoms with E-state index in [0.29, 0.717) is 0 Å². The van der Waals surface area contributed by atoms with Crippen LogP contribution >= 0.6 is 12.4 Å². The fraction of sp³-hybridized carbons (Fsp3) is 0.556. The van der Waals surface area contributed by atoms with Crippen LogP contribution in [0.5, 0.6) is 0 Å². The summed E-state index contributed by atoms with van der Waals surface area (Å²) >= 11 is 0. The zero-order chi connectivity index (χ0) is 8.81. The average molecular weight is 205 g/mol. The van der Waals surface area contributed by atoms with E-state index in [1.54, 1.807) is 0 Å². The molecular formula is C9H17ClN2O. The predicted octanol–water partition coefficient (Wildman–Crippen LogP) is 1.63. The molecule has 1 aliphatic rings.